The number of carbonyl (C=O) groups is 2. The molecule has 0 aliphatic heterocycles. The molecule has 0 bridgehead atoms. The van der Waals surface area contributed by atoms with Gasteiger partial charge in [0.1, 0.15) is 11.5 Å². The number of nitrogens with one attached hydrogen (secondary N) is 2. The zero-order valence-electron chi connectivity index (χ0n) is 13.4. The van der Waals surface area contributed by atoms with E-state index in [1.54, 1.807) is 40.9 Å². The third-order valence-electron chi connectivity index (χ3n) is 3.61. The first-order valence-corrected chi connectivity index (χ1v) is 7.85. The minimum Gasteiger partial charge on any atom is -0.354 e. The van der Waals surface area contributed by atoms with Crippen molar-refractivity contribution in [3.63, 3.8) is 0 Å². The number of pyridine rings is 1. The topological polar surface area (TPSA) is 75.5 Å². The van der Waals surface area contributed by atoms with Crippen LogP contribution in [0.5, 0.6) is 0 Å². The largest absolute Gasteiger partial charge is 0.354 e. The van der Waals surface area contributed by atoms with Crippen LogP contribution >= 0.6 is 0 Å². The fourth-order valence-corrected chi connectivity index (χ4v) is 2.38. The summed E-state index contributed by atoms with van der Waals surface area (Å²) in [5, 5.41) is 5.28. The molecule has 2 amide bonds. The molecule has 0 aliphatic rings. The molecule has 0 atom stereocenters. The van der Waals surface area contributed by atoms with Crippen LogP contribution in [0.25, 0.3) is 5.65 Å². The molecule has 6 nitrogen and oxygen atoms in total. The molecular weight excluding hydrogens is 323 g/mol. The van der Waals surface area contributed by atoms with E-state index in [2.05, 4.69) is 15.6 Å². The lowest BCUT2D eigenvalue weighted by Crippen LogP contribution is -2.37. The summed E-state index contributed by atoms with van der Waals surface area (Å²) in [4.78, 5) is 28.0. The van der Waals surface area contributed by atoms with Crippen LogP contribution in [0.2, 0.25) is 0 Å². The van der Waals surface area contributed by atoms with Crippen LogP contribution in [-0.4, -0.2) is 34.3 Å². The number of imidazole rings is 1. The van der Waals surface area contributed by atoms with E-state index in [9.17, 15) is 14.0 Å². The maximum absolute atomic E-state index is 13.1. The summed E-state index contributed by atoms with van der Waals surface area (Å²) in [6.45, 7) is 0.288. The van der Waals surface area contributed by atoms with Crippen molar-refractivity contribution in [2.45, 2.75) is 6.42 Å². The van der Waals surface area contributed by atoms with Gasteiger partial charge in [0.25, 0.3) is 5.91 Å². The first-order chi connectivity index (χ1) is 12.1. The predicted molar refractivity (Wildman–Crippen MR) is 90.6 cm³/mol. The van der Waals surface area contributed by atoms with Gasteiger partial charge in [-0.1, -0.05) is 18.2 Å². The Kier molecular flexibility index (Phi) is 5.03. The standard InChI is InChI=1S/C18H17FN4O2/c19-14-6-7-16-22-15(12-23(16)11-14)8-9-20-17(24)10-21-18(25)13-4-2-1-3-5-13/h1-7,11-12H,8-10H2,(H,20,24)(H,21,25). The number of hydrogen-bond acceptors (Lipinski definition) is 3. The van der Waals surface area contributed by atoms with Gasteiger partial charge < -0.3 is 15.0 Å². The Morgan fingerprint density at radius 2 is 1.84 bits per heavy atom. The van der Waals surface area contributed by atoms with E-state index in [-0.39, 0.29) is 24.2 Å². The van der Waals surface area contributed by atoms with Crippen molar-refractivity contribution in [2.75, 3.05) is 13.1 Å². The SMILES string of the molecule is O=C(CNC(=O)c1ccccc1)NCCc1cn2cc(F)ccc2n1. The van der Waals surface area contributed by atoms with Crippen molar-refractivity contribution in [3.8, 4) is 0 Å². The second-order valence-electron chi connectivity index (χ2n) is 5.49. The van der Waals surface area contributed by atoms with Crippen molar-refractivity contribution in [1.29, 1.82) is 0 Å². The minimum atomic E-state index is -0.334. The van der Waals surface area contributed by atoms with Crippen LogP contribution in [0, 0.1) is 5.82 Å². The number of nitrogens with zero attached hydrogens (tertiary/aromatic N) is 2. The van der Waals surface area contributed by atoms with E-state index < -0.39 is 0 Å². The van der Waals surface area contributed by atoms with Crippen LogP contribution in [0.15, 0.2) is 54.9 Å². The second kappa shape index (κ2) is 7.57. The van der Waals surface area contributed by atoms with Crippen LogP contribution < -0.4 is 10.6 Å². The van der Waals surface area contributed by atoms with Gasteiger partial charge in [-0.25, -0.2) is 9.37 Å². The summed E-state index contributed by atoms with van der Waals surface area (Å²) >= 11 is 0. The third-order valence-corrected chi connectivity index (χ3v) is 3.61. The lowest BCUT2D eigenvalue weighted by atomic mass is 10.2. The van der Waals surface area contributed by atoms with E-state index in [1.807, 2.05) is 6.07 Å². The Labute approximate surface area is 143 Å². The van der Waals surface area contributed by atoms with Crippen molar-refractivity contribution >= 4 is 17.5 Å². The molecule has 25 heavy (non-hydrogen) atoms. The molecule has 1 aromatic carbocycles. The van der Waals surface area contributed by atoms with E-state index in [1.165, 1.54) is 12.3 Å². The first-order valence-electron chi connectivity index (χ1n) is 7.85. The van der Waals surface area contributed by atoms with Gasteiger partial charge >= 0.3 is 0 Å². The van der Waals surface area contributed by atoms with Gasteiger partial charge in [-0.3, -0.25) is 9.59 Å². The van der Waals surface area contributed by atoms with Gasteiger partial charge in [-0.15, -0.1) is 0 Å². The van der Waals surface area contributed by atoms with E-state index in [4.69, 9.17) is 0 Å². The molecule has 0 unspecified atom stereocenters. The smallest absolute Gasteiger partial charge is 0.251 e. The van der Waals surface area contributed by atoms with Crippen LogP contribution in [-0.2, 0) is 11.2 Å². The number of rotatable bonds is 6. The molecule has 0 saturated heterocycles. The van der Waals surface area contributed by atoms with Gasteiger partial charge in [0, 0.05) is 30.9 Å². The monoisotopic (exact) mass is 340 g/mol. The number of fused-ring (bicyclic) bond motifs is 1. The lowest BCUT2D eigenvalue weighted by Gasteiger charge is -2.06. The summed E-state index contributed by atoms with van der Waals surface area (Å²) in [6.07, 6.45) is 3.59. The van der Waals surface area contributed by atoms with E-state index in [0.29, 0.717) is 24.2 Å². The number of hydrogen-bond donors (Lipinski definition) is 2. The third kappa shape index (κ3) is 4.41. The number of benzene rings is 1. The molecular formula is C18H17FN4O2. The number of carbonyl (C=O) groups excluding carboxylic acids is 2. The molecule has 0 aliphatic carbocycles. The maximum Gasteiger partial charge on any atom is 0.251 e. The van der Waals surface area contributed by atoms with Gasteiger partial charge in [0.2, 0.25) is 5.91 Å². The number of amides is 2. The molecule has 2 heterocycles. The average Bonchev–Trinajstić information content (AvgIpc) is 3.02. The Hall–Kier alpha value is -3.22. The molecule has 0 radical (unpaired) electrons. The number of aromatic nitrogens is 2. The Morgan fingerprint density at radius 3 is 2.64 bits per heavy atom. The van der Waals surface area contributed by atoms with E-state index in [0.717, 1.165) is 5.69 Å². The normalized spacial score (nSPS) is 10.6. The fraction of sp³-hybridized carbons (Fsp3) is 0.167. The Morgan fingerprint density at radius 1 is 1.04 bits per heavy atom. The Bertz CT molecular complexity index is 892. The number of halogens is 1. The van der Waals surface area contributed by atoms with Crippen molar-refractivity contribution in [3.05, 3.63) is 71.9 Å². The molecule has 0 fully saturated rings. The first kappa shape index (κ1) is 16.6. The van der Waals surface area contributed by atoms with Gasteiger partial charge in [-0.2, -0.15) is 0 Å². The molecule has 7 heteroatoms. The second-order valence-corrected chi connectivity index (χ2v) is 5.49. The van der Waals surface area contributed by atoms with Crippen LogP contribution in [0.1, 0.15) is 16.1 Å². The molecule has 3 rings (SSSR count). The van der Waals surface area contributed by atoms with Gasteiger partial charge in [0.05, 0.1) is 12.2 Å². The maximum atomic E-state index is 13.1. The van der Waals surface area contributed by atoms with E-state index >= 15 is 0 Å². The van der Waals surface area contributed by atoms with Gasteiger partial charge in [0.15, 0.2) is 0 Å². The summed E-state index contributed by atoms with van der Waals surface area (Å²) in [7, 11) is 0. The summed E-state index contributed by atoms with van der Waals surface area (Å²) in [6, 6.07) is 11.6. The highest BCUT2D eigenvalue weighted by atomic mass is 19.1. The highest BCUT2D eigenvalue weighted by Gasteiger charge is 2.08. The molecule has 0 spiro atoms. The fourth-order valence-electron chi connectivity index (χ4n) is 2.38. The van der Waals surface area contributed by atoms with Crippen molar-refractivity contribution < 1.29 is 14.0 Å². The van der Waals surface area contributed by atoms with Crippen LogP contribution in [0.4, 0.5) is 4.39 Å². The molecule has 0 saturated carbocycles. The molecule has 2 aromatic heterocycles. The molecule has 2 N–H and O–H groups in total. The minimum absolute atomic E-state index is 0.0931. The van der Waals surface area contributed by atoms with Crippen molar-refractivity contribution in [1.82, 2.24) is 20.0 Å². The average molecular weight is 340 g/mol. The highest BCUT2D eigenvalue weighted by molar-refractivity contribution is 5.96. The quantitative estimate of drug-likeness (QED) is 0.715. The van der Waals surface area contributed by atoms with Crippen molar-refractivity contribution in [2.24, 2.45) is 0 Å². The Balaban J connectivity index is 1.43. The highest BCUT2D eigenvalue weighted by Crippen LogP contribution is 2.07. The predicted octanol–water partition coefficient (Wildman–Crippen LogP) is 1.56. The zero-order chi connectivity index (χ0) is 17.6. The zero-order valence-corrected chi connectivity index (χ0v) is 13.4. The molecule has 128 valence electrons. The lowest BCUT2D eigenvalue weighted by molar-refractivity contribution is -0.120. The summed E-state index contributed by atoms with van der Waals surface area (Å²) in [5.41, 5.74) is 1.91. The van der Waals surface area contributed by atoms with Gasteiger partial charge in [-0.05, 0) is 24.3 Å². The summed E-state index contributed by atoms with van der Waals surface area (Å²) < 4.78 is 14.7. The molecule has 3 aromatic rings. The summed E-state index contributed by atoms with van der Waals surface area (Å²) in [5.74, 6) is -0.906. The van der Waals surface area contributed by atoms with Crippen LogP contribution in [0.3, 0.4) is 0 Å².